The van der Waals surface area contributed by atoms with Crippen LogP contribution in [0.1, 0.15) is 51.3 Å². The lowest BCUT2D eigenvalue weighted by Gasteiger charge is -2.14. The van der Waals surface area contributed by atoms with Gasteiger partial charge in [0.2, 0.25) is 0 Å². The largest absolute Gasteiger partial charge is 0.466 e. The van der Waals surface area contributed by atoms with Crippen molar-refractivity contribution in [2.24, 2.45) is 0 Å². The summed E-state index contributed by atoms with van der Waals surface area (Å²) >= 11 is 0. The second-order valence-corrected chi connectivity index (χ2v) is 6.59. The van der Waals surface area contributed by atoms with Crippen molar-refractivity contribution < 1.29 is 19.1 Å². The summed E-state index contributed by atoms with van der Waals surface area (Å²) in [5, 5.41) is 0. The van der Waals surface area contributed by atoms with Crippen molar-refractivity contribution in [2.45, 2.75) is 47.5 Å². The Bertz CT molecular complexity index is 702. The van der Waals surface area contributed by atoms with Crippen LogP contribution in [-0.4, -0.2) is 19.0 Å². The van der Waals surface area contributed by atoms with Crippen LogP contribution in [0.15, 0.2) is 41.5 Å². The van der Waals surface area contributed by atoms with Crippen LogP contribution in [-0.2, 0) is 27.2 Å². The van der Waals surface area contributed by atoms with E-state index in [0.29, 0.717) is 18.6 Å². The Balaban J connectivity index is 3.47. The zero-order chi connectivity index (χ0) is 19.7. The molecule has 0 unspecified atom stereocenters. The smallest absolute Gasteiger partial charge is 0.330 e. The molecule has 0 aliphatic rings. The van der Waals surface area contributed by atoms with E-state index in [1.54, 1.807) is 6.08 Å². The van der Waals surface area contributed by atoms with Crippen molar-refractivity contribution in [3.05, 3.63) is 58.2 Å². The normalized spacial score (nSPS) is 10.4. The van der Waals surface area contributed by atoms with Gasteiger partial charge >= 0.3 is 11.9 Å². The van der Waals surface area contributed by atoms with Gasteiger partial charge in [0.1, 0.15) is 5.75 Å². The van der Waals surface area contributed by atoms with Gasteiger partial charge in [-0.3, -0.25) is 4.79 Å². The van der Waals surface area contributed by atoms with Crippen molar-refractivity contribution in [2.75, 3.05) is 7.11 Å². The monoisotopic (exact) mass is 356 g/mol. The molecular formula is C22H28O4. The third-order valence-corrected chi connectivity index (χ3v) is 3.58. The van der Waals surface area contributed by atoms with E-state index in [4.69, 9.17) is 4.74 Å². The van der Waals surface area contributed by atoms with Crippen LogP contribution in [0.25, 0.3) is 6.08 Å². The fourth-order valence-electron chi connectivity index (χ4n) is 2.32. The molecule has 0 N–H and O–H groups in total. The summed E-state index contributed by atoms with van der Waals surface area (Å²) in [6.07, 6.45) is 8.55. The highest BCUT2D eigenvalue weighted by molar-refractivity contribution is 5.87. The summed E-state index contributed by atoms with van der Waals surface area (Å²) in [7, 11) is 1.34. The zero-order valence-corrected chi connectivity index (χ0v) is 16.5. The van der Waals surface area contributed by atoms with Gasteiger partial charge in [0.25, 0.3) is 0 Å². The van der Waals surface area contributed by atoms with Crippen molar-refractivity contribution in [1.82, 2.24) is 0 Å². The van der Waals surface area contributed by atoms with Crippen LogP contribution < -0.4 is 4.74 Å². The van der Waals surface area contributed by atoms with Gasteiger partial charge in [0.05, 0.1) is 7.11 Å². The number of ether oxygens (including phenoxy) is 2. The van der Waals surface area contributed by atoms with Gasteiger partial charge in [-0.25, -0.2) is 4.79 Å². The summed E-state index contributed by atoms with van der Waals surface area (Å²) in [5.74, 6) is -0.159. The molecule has 0 amide bonds. The minimum absolute atomic E-state index is 0.347. The number of hydrogen-bond donors (Lipinski definition) is 0. The van der Waals surface area contributed by atoms with Crippen LogP contribution in [0.3, 0.4) is 0 Å². The van der Waals surface area contributed by atoms with E-state index in [9.17, 15) is 9.59 Å². The van der Waals surface area contributed by atoms with Gasteiger partial charge in [-0.15, -0.1) is 0 Å². The van der Waals surface area contributed by atoms with Gasteiger partial charge < -0.3 is 9.47 Å². The fraction of sp³-hybridized carbons (Fsp3) is 0.364. The average Bonchev–Trinajstić information content (AvgIpc) is 2.56. The molecule has 4 heteroatoms. The minimum Gasteiger partial charge on any atom is -0.466 e. The Hall–Kier alpha value is -2.62. The van der Waals surface area contributed by atoms with Crippen LogP contribution in [0.2, 0.25) is 0 Å². The molecule has 0 heterocycles. The minimum atomic E-state index is -0.411. The predicted molar refractivity (Wildman–Crippen MR) is 105 cm³/mol. The molecule has 0 saturated heterocycles. The number of esters is 2. The van der Waals surface area contributed by atoms with Crippen molar-refractivity contribution in [1.29, 1.82) is 0 Å². The molecule has 1 rings (SSSR count). The Morgan fingerprint density at radius 1 is 0.923 bits per heavy atom. The number of allylic oxidation sites excluding steroid dienone is 4. The second kappa shape index (κ2) is 10.4. The van der Waals surface area contributed by atoms with Crippen molar-refractivity contribution in [3.8, 4) is 5.75 Å². The maximum absolute atomic E-state index is 11.6. The summed E-state index contributed by atoms with van der Waals surface area (Å²) in [6.45, 7) is 9.50. The van der Waals surface area contributed by atoms with E-state index in [-0.39, 0.29) is 5.97 Å². The van der Waals surface area contributed by atoms with Gasteiger partial charge in [-0.2, -0.15) is 0 Å². The van der Waals surface area contributed by atoms with E-state index in [1.807, 2.05) is 39.8 Å². The molecule has 0 aromatic heterocycles. The lowest BCUT2D eigenvalue weighted by molar-refractivity contribution is -0.135. The first kappa shape index (κ1) is 21.4. The molecule has 0 spiro atoms. The van der Waals surface area contributed by atoms with E-state index < -0.39 is 5.97 Å². The van der Waals surface area contributed by atoms with E-state index in [2.05, 4.69) is 16.9 Å². The quantitative estimate of drug-likeness (QED) is 0.304. The number of rotatable bonds is 7. The molecule has 0 atom stereocenters. The maximum atomic E-state index is 11.6. The molecular weight excluding hydrogens is 328 g/mol. The fourth-order valence-corrected chi connectivity index (χ4v) is 2.32. The lowest BCUT2D eigenvalue weighted by atomic mass is 9.98. The van der Waals surface area contributed by atoms with Gasteiger partial charge in [0, 0.05) is 13.0 Å². The van der Waals surface area contributed by atoms with E-state index >= 15 is 0 Å². The van der Waals surface area contributed by atoms with E-state index in [1.165, 1.54) is 31.3 Å². The highest BCUT2D eigenvalue weighted by atomic mass is 16.5. The Kier molecular flexibility index (Phi) is 8.56. The van der Waals surface area contributed by atoms with E-state index in [0.717, 1.165) is 16.7 Å². The molecule has 26 heavy (non-hydrogen) atoms. The molecule has 0 fully saturated rings. The summed E-state index contributed by atoms with van der Waals surface area (Å²) in [4.78, 5) is 23.0. The van der Waals surface area contributed by atoms with Crippen molar-refractivity contribution >= 4 is 18.0 Å². The van der Waals surface area contributed by atoms with Crippen LogP contribution in [0.5, 0.6) is 5.75 Å². The summed E-state index contributed by atoms with van der Waals surface area (Å²) < 4.78 is 10.2. The molecule has 0 bridgehead atoms. The number of carbonyl (C=O) groups excluding carboxylic acids is 2. The molecule has 0 aliphatic heterocycles. The summed E-state index contributed by atoms with van der Waals surface area (Å²) in [5.41, 5.74) is 5.04. The molecule has 4 nitrogen and oxygen atoms in total. The first-order valence-electron chi connectivity index (χ1n) is 8.60. The average molecular weight is 356 g/mol. The third-order valence-electron chi connectivity index (χ3n) is 3.58. The molecule has 0 saturated carbocycles. The van der Waals surface area contributed by atoms with Gasteiger partial charge in [-0.05, 0) is 75.4 Å². The molecule has 1 aromatic carbocycles. The number of benzene rings is 1. The maximum Gasteiger partial charge on any atom is 0.330 e. The Labute approximate surface area is 156 Å². The highest BCUT2D eigenvalue weighted by Crippen LogP contribution is 2.29. The zero-order valence-electron chi connectivity index (χ0n) is 16.5. The third kappa shape index (κ3) is 7.51. The Morgan fingerprint density at radius 2 is 1.42 bits per heavy atom. The molecule has 140 valence electrons. The topological polar surface area (TPSA) is 52.6 Å². The number of hydrogen-bond acceptors (Lipinski definition) is 4. The van der Waals surface area contributed by atoms with Crippen LogP contribution in [0.4, 0.5) is 0 Å². The molecule has 0 radical (unpaired) electrons. The molecule has 1 aromatic rings. The van der Waals surface area contributed by atoms with Crippen LogP contribution >= 0.6 is 0 Å². The predicted octanol–water partition coefficient (Wildman–Crippen LogP) is 4.82. The standard InChI is InChI=1S/C22H28O4/c1-15(2)7-10-19-13-18(9-12-21(24)25-6)14-20(11-8-16(3)4)22(19)26-17(5)23/h7-9,12-14H,10-11H2,1-6H3/b12-9+. The highest BCUT2D eigenvalue weighted by Gasteiger charge is 2.13. The summed E-state index contributed by atoms with van der Waals surface area (Å²) in [6, 6.07) is 3.87. The Morgan fingerprint density at radius 3 is 1.81 bits per heavy atom. The number of methoxy groups -OCH3 is 1. The van der Waals surface area contributed by atoms with Gasteiger partial charge in [-0.1, -0.05) is 23.3 Å². The number of carbonyl (C=O) groups is 2. The second-order valence-electron chi connectivity index (χ2n) is 6.59. The first-order valence-corrected chi connectivity index (χ1v) is 8.60. The first-order chi connectivity index (χ1) is 12.2. The SMILES string of the molecule is COC(=O)/C=C/c1cc(CC=C(C)C)c(OC(C)=O)c(CC=C(C)C)c1. The lowest BCUT2D eigenvalue weighted by Crippen LogP contribution is -2.07. The van der Waals surface area contributed by atoms with Gasteiger partial charge in [0.15, 0.2) is 0 Å². The van der Waals surface area contributed by atoms with Crippen LogP contribution in [0, 0.1) is 0 Å². The van der Waals surface area contributed by atoms with Crippen molar-refractivity contribution in [3.63, 3.8) is 0 Å². The molecule has 0 aliphatic carbocycles.